The molecule has 3 aromatic heterocycles. The molecule has 0 radical (unpaired) electrons. The number of aromatic nitrogens is 3. The summed E-state index contributed by atoms with van der Waals surface area (Å²) in [7, 11) is 1.84. The van der Waals surface area contributed by atoms with Crippen molar-refractivity contribution in [2.75, 3.05) is 43.5 Å². The van der Waals surface area contributed by atoms with E-state index in [2.05, 4.69) is 49.1 Å². The molecule has 0 spiro atoms. The van der Waals surface area contributed by atoms with Gasteiger partial charge in [-0.15, -0.1) is 11.3 Å². The summed E-state index contributed by atoms with van der Waals surface area (Å²) in [6.07, 6.45) is 7.07. The molecule has 2 saturated heterocycles. The first-order valence-corrected chi connectivity index (χ1v) is 14.5. The molecule has 1 amide bonds. The van der Waals surface area contributed by atoms with Crippen molar-refractivity contribution in [3.8, 4) is 11.1 Å². The number of benzene rings is 1. The molecular formula is C29H35N7O2S. The van der Waals surface area contributed by atoms with E-state index in [4.69, 9.17) is 0 Å². The minimum Gasteiger partial charge on any atom is -0.394 e. The van der Waals surface area contributed by atoms with Crippen LogP contribution in [0, 0.1) is 6.92 Å². The highest BCUT2D eigenvalue weighted by Crippen LogP contribution is 2.36. The number of nitrogens with zero attached hydrogens (tertiary/aromatic N) is 4. The Labute approximate surface area is 232 Å². The average molecular weight is 546 g/mol. The van der Waals surface area contributed by atoms with Crippen LogP contribution in [0.1, 0.15) is 33.8 Å². The molecule has 2 atom stereocenters. The Kier molecular flexibility index (Phi) is 7.24. The number of piperazine rings is 1. The van der Waals surface area contributed by atoms with E-state index in [1.54, 1.807) is 4.68 Å². The molecule has 2 unspecified atom stereocenters. The SMILES string of the molecule is CNc1c(C(=O)NCCc2ccc(N3CC4CCC(C3)N4)c(-c3cnn(CCO)c3)c2)sc2nc(C)ccc12. The van der Waals surface area contributed by atoms with Crippen LogP contribution >= 0.6 is 11.3 Å². The third kappa shape index (κ3) is 5.24. The fourth-order valence-electron chi connectivity index (χ4n) is 5.85. The van der Waals surface area contributed by atoms with Crippen LogP contribution in [0.3, 0.4) is 0 Å². The smallest absolute Gasteiger partial charge is 0.263 e. The minimum atomic E-state index is -0.0848. The van der Waals surface area contributed by atoms with Gasteiger partial charge in [-0.3, -0.25) is 9.48 Å². The number of nitrogens with one attached hydrogen (secondary N) is 3. The molecule has 0 aliphatic carbocycles. The fourth-order valence-corrected chi connectivity index (χ4v) is 6.99. The van der Waals surface area contributed by atoms with Crippen molar-refractivity contribution < 1.29 is 9.90 Å². The number of carbonyl (C=O) groups is 1. The topological polar surface area (TPSA) is 107 Å². The van der Waals surface area contributed by atoms with Gasteiger partial charge in [0, 0.05) is 72.9 Å². The normalized spacial score (nSPS) is 18.6. The van der Waals surface area contributed by atoms with E-state index in [0.29, 0.717) is 36.5 Å². The third-order valence-corrected chi connectivity index (χ3v) is 8.84. The van der Waals surface area contributed by atoms with Gasteiger partial charge in [-0.25, -0.2) is 4.98 Å². The highest BCUT2D eigenvalue weighted by atomic mass is 32.1. The van der Waals surface area contributed by atoms with E-state index in [9.17, 15) is 9.90 Å². The summed E-state index contributed by atoms with van der Waals surface area (Å²) < 4.78 is 1.79. The van der Waals surface area contributed by atoms with Gasteiger partial charge in [-0.2, -0.15) is 5.10 Å². The zero-order valence-electron chi connectivity index (χ0n) is 22.4. The Bertz CT molecular complexity index is 1480. The number of aliphatic hydroxyl groups excluding tert-OH is 1. The van der Waals surface area contributed by atoms with Gasteiger partial charge in [0.05, 0.1) is 25.0 Å². The molecule has 4 N–H and O–H groups in total. The van der Waals surface area contributed by atoms with Crippen LogP contribution in [-0.4, -0.2) is 71.2 Å². The quantitative estimate of drug-likeness (QED) is 0.255. The van der Waals surface area contributed by atoms with Crippen molar-refractivity contribution in [2.45, 2.75) is 44.8 Å². The van der Waals surface area contributed by atoms with E-state index >= 15 is 0 Å². The van der Waals surface area contributed by atoms with E-state index < -0.39 is 0 Å². The molecule has 2 aliphatic heterocycles. The van der Waals surface area contributed by atoms with E-state index in [1.807, 2.05) is 38.5 Å². The van der Waals surface area contributed by atoms with Gasteiger partial charge in [0.15, 0.2) is 0 Å². The van der Waals surface area contributed by atoms with Gasteiger partial charge in [-0.1, -0.05) is 6.07 Å². The minimum absolute atomic E-state index is 0.0552. The van der Waals surface area contributed by atoms with Crippen LogP contribution in [0.4, 0.5) is 11.4 Å². The summed E-state index contributed by atoms with van der Waals surface area (Å²) in [5, 5.41) is 24.8. The Balaban J connectivity index is 1.21. The number of hydrogen-bond acceptors (Lipinski definition) is 8. The second-order valence-corrected chi connectivity index (χ2v) is 11.5. The van der Waals surface area contributed by atoms with Gasteiger partial charge in [0.25, 0.3) is 5.91 Å². The molecule has 39 heavy (non-hydrogen) atoms. The standard InChI is InChI=1S/C29H35N7O2S/c1-18-3-7-23-26(30-2)27(39-29(23)33-18)28(38)31-10-9-19-4-8-25(35-16-21-5-6-22(17-35)34-21)24(13-19)20-14-32-36(15-20)11-12-37/h3-4,7-8,13-15,21-22,30,34,37H,5-6,9-12,16-17H2,1-2H3,(H,31,38). The van der Waals surface area contributed by atoms with Crippen LogP contribution in [-0.2, 0) is 13.0 Å². The van der Waals surface area contributed by atoms with E-state index in [0.717, 1.165) is 51.4 Å². The molecule has 6 rings (SSSR count). The zero-order chi connectivity index (χ0) is 26.9. The highest BCUT2D eigenvalue weighted by Gasteiger charge is 2.33. The molecule has 204 valence electrons. The lowest BCUT2D eigenvalue weighted by atomic mass is 10.00. The Morgan fingerprint density at radius 2 is 2.03 bits per heavy atom. The van der Waals surface area contributed by atoms with Gasteiger partial charge >= 0.3 is 0 Å². The number of hydrogen-bond donors (Lipinski definition) is 4. The first-order valence-electron chi connectivity index (χ1n) is 13.7. The van der Waals surface area contributed by atoms with Crippen LogP contribution in [0.2, 0.25) is 0 Å². The van der Waals surface area contributed by atoms with E-state index in [-0.39, 0.29) is 12.5 Å². The Morgan fingerprint density at radius 3 is 2.79 bits per heavy atom. The molecule has 5 heterocycles. The number of anilines is 2. The molecule has 4 aromatic rings. The third-order valence-electron chi connectivity index (χ3n) is 7.74. The summed E-state index contributed by atoms with van der Waals surface area (Å²) in [4.78, 5) is 21.8. The molecule has 9 nitrogen and oxygen atoms in total. The fraction of sp³-hybridized carbons (Fsp3) is 0.414. The summed E-state index contributed by atoms with van der Waals surface area (Å²) in [6.45, 7) is 5.02. The zero-order valence-corrected chi connectivity index (χ0v) is 23.2. The summed E-state index contributed by atoms with van der Waals surface area (Å²) in [5.74, 6) is -0.0848. The lowest BCUT2D eigenvalue weighted by molar-refractivity contribution is 0.0959. The van der Waals surface area contributed by atoms with Crippen LogP contribution < -0.4 is 20.9 Å². The molecule has 10 heteroatoms. The molecule has 2 bridgehead atoms. The van der Waals surface area contributed by atoms with Crippen molar-refractivity contribution in [1.29, 1.82) is 0 Å². The summed E-state index contributed by atoms with van der Waals surface area (Å²) in [5.41, 5.74) is 6.33. The predicted octanol–water partition coefficient (Wildman–Crippen LogP) is 3.42. The number of amides is 1. The van der Waals surface area contributed by atoms with Crippen LogP contribution in [0.5, 0.6) is 0 Å². The number of aliphatic hydroxyl groups is 1. The second-order valence-electron chi connectivity index (χ2n) is 10.5. The van der Waals surface area contributed by atoms with Gasteiger partial charge in [0.2, 0.25) is 0 Å². The van der Waals surface area contributed by atoms with Crippen molar-refractivity contribution in [3.05, 3.63) is 58.9 Å². The highest BCUT2D eigenvalue weighted by molar-refractivity contribution is 7.21. The molecule has 1 aromatic carbocycles. The molecular weight excluding hydrogens is 510 g/mol. The Hall–Kier alpha value is -3.47. The molecule has 2 fully saturated rings. The predicted molar refractivity (Wildman–Crippen MR) is 157 cm³/mol. The van der Waals surface area contributed by atoms with Gasteiger partial charge < -0.3 is 26.0 Å². The van der Waals surface area contributed by atoms with Crippen molar-refractivity contribution in [2.24, 2.45) is 0 Å². The van der Waals surface area contributed by atoms with E-state index in [1.165, 1.54) is 29.9 Å². The first kappa shape index (κ1) is 25.8. The summed E-state index contributed by atoms with van der Waals surface area (Å²) in [6, 6.07) is 11.7. The molecule has 0 saturated carbocycles. The van der Waals surface area contributed by atoms with Crippen LogP contribution in [0.15, 0.2) is 42.7 Å². The summed E-state index contributed by atoms with van der Waals surface area (Å²) >= 11 is 1.42. The maximum Gasteiger partial charge on any atom is 0.263 e. The van der Waals surface area contributed by atoms with Gasteiger partial charge in [-0.05, 0) is 56.0 Å². The number of thiophene rings is 1. The average Bonchev–Trinajstić information content (AvgIpc) is 3.65. The number of rotatable bonds is 9. The Morgan fingerprint density at radius 1 is 1.21 bits per heavy atom. The number of aryl methyl sites for hydroxylation is 1. The maximum atomic E-state index is 13.1. The monoisotopic (exact) mass is 545 g/mol. The second kappa shape index (κ2) is 11.0. The van der Waals surface area contributed by atoms with Crippen molar-refractivity contribution in [3.63, 3.8) is 0 Å². The lowest BCUT2D eigenvalue weighted by Crippen LogP contribution is -2.51. The van der Waals surface area contributed by atoms with Crippen LogP contribution in [0.25, 0.3) is 21.3 Å². The van der Waals surface area contributed by atoms with Gasteiger partial charge in [0.1, 0.15) is 9.71 Å². The maximum absolute atomic E-state index is 13.1. The first-order chi connectivity index (χ1) is 19.0. The largest absolute Gasteiger partial charge is 0.394 e. The molecule has 2 aliphatic rings. The van der Waals surface area contributed by atoms with Crippen molar-refractivity contribution >= 4 is 38.8 Å². The number of fused-ring (bicyclic) bond motifs is 3. The number of carbonyl (C=O) groups excluding carboxylic acids is 1. The lowest BCUT2D eigenvalue weighted by Gasteiger charge is -2.36. The number of pyridine rings is 1. The van der Waals surface area contributed by atoms with Crippen molar-refractivity contribution in [1.82, 2.24) is 25.4 Å².